The molecule has 0 unspecified atom stereocenters. The zero-order valence-corrected chi connectivity index (χ0v) is 17.0. The van der Waals surface area contributed by atoms with Crippen LogP contribution in [-0.2, 0) is 6.54 Å². The molecule has 3 N–H and O–H groups in total. The SMILES string of the molecule is Cc1ccc(NC(=O)c2nnn(Cc3nc(-c4cccc(C)c4)oc3C)c2N)cc1. The molecule has 0 atom stereocenters. The second-order valence-corrected chi connectivity index (χ2v) is 7.19. The quantitative estimate of drug-likeness (QED) is 0.526. The highest BCUT2D eigenvalue weighted by atomic mass is 16.4. The van der Waals surface area contributed by atoms with Gasteiger partial charge in [-0.3, -0.25) is 4.79 Å². The molecule has 1 amide bonds. The van der Waals surface area contributed by atoms with Gasteiger partial charge in [0, 0.05) is 11.3 Å². The van der Waals surface area contributed by atoms with Crippen molar-refractivity contribution in [2.24, 2.45) is 0 Å². The van der Waals surface area contributed by atoms with E-state index in [0.717, 1.165) is 16.7 Å². The number of nitrogen functional groups attached to an aromatic ring is 1. The second kappa shape index (κ2) is 7.82. The smallest absolute Gasteiger partial charge is 0.280 e. The van der Waals surface area contributed by atoms with Gasteiger partial charge >= 0.3 is 0 Å². The summed E-state index contributed by atoms with van der Waals surface area (Å²) in [5, 5.41) is 10.8. The van der Waals surface area contributed by atoms with Gasteiger partial charge in [0.15, 0.2) is 11.5 Å². The largest absolute Gasteiger partial charge is 0.441 e. The third-order valence-corrected chi connectivity index (χ3v) is 4.76. The topological polar surface area (TPSA) is 112 Å². The van der Waals surface area contributed by atoms with Crippen molar-refractivity contribution in [2.75, 3.05) is 11.1 Å². The number of oxazole rings is 1. The molecule has 8 nitrogen and oxygen atoms in total. The Kier molecular flexibility index (Phi) is 5.05. The van der Waals surface area contributed by atoms with Crippen LogP contribution < -0.4 is 11.1 Å². The third kappa shape index (κ3) is 3.93. The van der Waals surface area contributed by atoms with Crippen molar-refractivity contribution < 1.29 is 9.21 Å². The van der Waals surface area contributed by atoms with E-state index in [1.54, 1.807) is 0 Å². The van der Waals surface area contributed by atoms with Crippen LogP contribution >= 0.6 is 0 Å². The van der Waals surface area contributed by atoms with Gasteiger partial charge in [0.05, 0.1) is 6.54 Å². The second-order valence-electron chi connectivity index (χ2n) is 7.19. The first kappa shape index (κ1) is 19.4. The zero-order chi connectivity index (χ0) is 21.3. The van der Waals surface area contributed by atoms with Gasteiger partial charge in [-0.1, -0.05) is 40.6 Å². The monoisotopic (exact) mass is 402 g/mol. The number of hydrogen-bond donors (Lipinski definition) is 2. The molecule has 0 saturated heterocycles. The molecule has 0 aliphatic rings. The number of nitrogens with zero attached hydrogens (tertiary/aromatic N) is 4. The van der Waals surface area contributed by atoms with Crippen molar-refractivity contribution >= 4 is 17.4 Å². The van der Waals surface area contributed by atoms with Crippen LogP contribution in [0.15, 0.2) is 52.9 Å². The Labute approximate surface area is 173 Å². The number of aryl methyl sites for hydroxylation is 3. The summed E-state index contributed by atoms with van der Waals surface area (Å²) in [6.07, 6.45) is 0. The average molecular weight is 402 g/mol. The lowest BCUT2D eigenvalue weighted by Crippen LogP contribution is -2.15. The maximum Gasteiger partial charge on any atom is 0.280 e. The molecular weight excluding hydrogens is 380 g/mol. The van der Waals surface area contributed by atoms with Gasteiger partial charge in [-0.15, -0.1) is 5.10 Å². The molecule has 0 radical (unpaired) electrons. The first-order valence-electron chi connectivity index (χ1n) is 9.51. The molecule has 0 saturated carbocycles. The molecule has 0 fully saturated rings. The molecule has 2 heterocycles. The summed E-state index contributed by atoms with van der Waals surface area (Å²) in [4.78, 5) is 17.1. The molecule has 2 aromatic carbocycles. The van der Waals surface area contributed by atoms with Crippen molar-refractivity contribution in [3.63, 3.8) is 0 Å². The van der Waals surface area contributed by atoms with Crippen molar-refractivity contribution in [3.8, 4) is 11.5 Å². The van der Waals surface area contributed by atoms with E-state index in [1.807, 2.05) is 69.3 Å². The molecular formula is C22H22N6O2. The normalized spacial score (nSPS) is 10.9. The van der Waals surface area contributed by atoms with E-state index in [4.69, 9.17) is 10.2 Å². The minimum Gasteiger partial charge on any atom is -0.441 e. The molecule has 8 heteroatoms. The molecule has 0 aliphatic heterocycles. The van der Waals surface area contributed by atoms with Gasteiger partial charge in [-0.05, 0) is 45.0 Å². The van der Waals surface area contributed by atoms with Crippen LogP contribution in [0.3, 0.4) is 0 Å². The summed E-state index contributed by atoms with van der Waals surface area (Å²) in [7, 11) is 0. The lowest BCUT2D eigenvalue weighted by molar-refractivity contribution is 0.102. The third-order valence-electron chi connectivity index (χ3n) is 4.76. The van der Waals surface area contributed by atoms with Crippen molar-refractivity contribution in [1.29, 1.82) is 0 Å². The van der Waals surface area contributed by atoms with Gasteiger partial charge < -0.3 is 15.5 Å². The van der Waals surface area contributed by atoms with Crippen LogP contribution in [-0.4, -0.2) is 25.9 Å². The standard InChI is InChI=1S/C22H22N6O2/c1-13-7-9-17(10-8-13)24-21(29)19-20(23)28(27-26-19)12-18-15(3)30-22(25-18)16-6-4-5-14(2)11-16/h4-11H,12,23H2,1-3H3,(H,24,29). The van der Waals surface area contributed by atoms with E-state index >= 15 is 0 Å². The fraction of sp³-hybridized carbons (Fsp3) is 0.182. The van der Waals surface area contributed by atoms with Gasteiger partial charge in [0.1, 0.15) is 11.5 Å². The van der Waals surface area contributed by atoms with Gasteiger partial charge in [-0.2, -0.15) is 0 Å². The van der Waals surface area contributed by atoms with Crippen molar-refractivity contribution in [3.05, 3.63) is 76.8 Å². The highest BCUT2D eigenvalue weighted by Crippen LogP contribution is 2.23. The average Bonchev–Trinajstić information content (AvgIpc) is 3.27. The van der Waals surface area contributed by atoms with Crippen LogP contribution in [0.1, 0.15) is 33.1 Å². The van der Waals surface area contributed by atoms with Gasteiger partial charge in [-0.25, -0.2) is 9.67 Å². The summed E-state index contributed by atoms with van der Waals surface area (Å²) < 4.78 is 7.26. The van der Waals surface area contributed by atoms with Crippen LogP contribution in [0.4, 0.5) is 11.5 Å². The van der Waals surface area contributed by atoms with Gasteiger partial charge in [0.25, 0.3) is 5.91 Å². The fourth-order valence-electron chi connectivity index (χ4n) is 3.04. The Balaban J connectivity index is 1.53. The minimum absolute atomic E-state index is 0.0654. The van der Waals surface area contributed by atoms with Crippen LogP contribution in [0.2, 0.25) is 0 Å². The van der Waals surface area contributed by atoms with E-state index in [1.165, 1.54) is 4.68 Å². The Hall–Kier alpha value is -3.94. The number of carbonyl (C=O) groups is 1. The molecule has 152 valence electrons. The summed E-state index contributed by atoms with van der Waals surface area (Å²) in [6, 6.07) is 15.4. The maximum absolute atomic E-state index is 12.5. The number of nitrogens with one attached hydrogen (secondary N) is 1. The predicted molar refractivity (Wildman–Crippen MR) is 114 cm³/mol. The number of carbonyl (C=O) groups excluding carboxylic acids is 1. The lowest BCUT2D eigenvalue weighted by atomic mass is 10.1. The van der Waals surface area contributed by atoms with Crippen LogP contribution in [0, 0.1) is 20.8 Å². The lowest BCUT2D eigenvalue weighted by Gasteiger charge is -2.04. The first-order chi connectivity index (χ1) is 14.4. The van der Waals surface area contributed by atoms with Crippen LogP contribution in [0.25, 0.3) is 11.5 Å². The summed E-state index contributed by atoms with van der Waals surface area (Å²) in [5.74, 6) is 0.938. The number of anilines is 2. The van der Waals surface area contributed by atoms with Crippen LogP contribution in [0.5, 0.6) is 0 Å². The Bertz CT molecular complexity index is 1210. The predicted octanol–water partition coefficient (Wildman–Crippen LogP) is 3.74. The highest BCUT2D eigenvalue weighted by molar-refractivity contribution is 6.05. The molecule has 0 bridgehead atoms. The van der Waals surface area contributed by atoms with E-state index in [2.05, 4.69) is 20.6 Å². The fourth-order valence-corrected chi connectivity index (χ4v) is 3.04. The number of rotatable bonds is 5. The van der Waals surface area contributed by atoms with Crippen molar-refractivity contribution in [2.45, 2.75) is 27.3 Å². The summed E-state index contributed by atoms with van der Waals surface area (Å²) in [6.45, 7) is 6.07. The van der Waals surface area contributed by atoms with E-state index in [9.17, 15) is 4.79 Å². The molecule has 30 heavy (non-hydrogen) atoms. The highest BCUT2D eigenvalue weighted by Gasteiger charge is 2.20. The number of aromatic nitrogens is 4. The number of nitrogens with two attached hydrogens (primary N) is 1. The molecule has 2 aromatic heterocycles. The molecule has 4 aromatic rings. The number of benzene rings is 2. The number of hydrogen-bond acceptors (Lipinski definition) is 6. The minimum atomic E-state index is -0.417. The van der Waals surface area contributed by atoms with Crippen molar-refractivity contribution in [1.82, 2.24) is 20.0 Å². The summed E-state index contributed by atoms with van der Waals surface area (Å²) in [5.41, 5.74) is 10.7. The van der Waals surface area contributed by atoms with E-state index in [0.29, 0.717) is 23.0 Å². The van der Waals surface area contributed by atoms with E-state index in [-0.39, 0.29) is 18.1 Å². The van der Waals surface area contributed by atoms with E-state index < -0.39 is 5.91 Å². The first-order valence-corrected chi connectivity index (χ1v) is 9.51. The number of amides is 1. The maximum atomic E-state index is 12.5. The zero-order valence-electron chi connectivity index (χ0n) is 17.0. The summed E-state index contributed by atoms with van der Waals surface area (Å²) >= 11 is 0. The Morgan fingerprint density at radius 2 is 1.87 bits per heavy atom. The Morgan fingerprint density at radius 3 is 2.60 bits per heavy atom. The molecule has 0 aliphatic carbocycles. The van der Waals surface area contributed by atoms with Gasteiger partial charge in [0.2, 0.25) is 5.89 Å². The molecule has 4 rings (SSSR count). The molecule has 0 spiro atoms. The Morgan fingerprint density at radius 1 is 1.10 bits per heavy atom.